The molecule has 1 heterocycles. The second kappa shape index (κ2) is 8.97. The Morgan fingerprint density at radius 3 is 2.17 bits per heavy atom. The third-order valence-corrected chi connectivity index (χ3v) is 9.88. The van der Waals surface area contributed by atoms with Crippen molar-refractivity contribution in [3.05, 3.63) is 130 Å². The van der Waals surface area contributed by atoms with Crippen LogP contribution in [0.15, 0.2) is 91.0 Å². The second-order valence-corrected chi connectivity index (χ2v) is 12.0. The summed E-state index contributed by atoms with van der Waals surface area (Å²) in [5, 5.41) is 12.2. The molecule has 4 aliphatic rings. The summed E-state index contributed by atoms with van der Waals surface area (Å²) in [7, 11) is 0. The highest BCUT2D eigenvalue weighted by molar-refractivity contribution is 9.09. The van der Waals surface area contributed by atoms with Crippen LogP contribution in [0.1, 0.15) is 54.5 Å². The minimum atomic E-state index is -1.16. The van der Waals surface area contributed by atoms with Crippen LogP contribution in [0.4, 0.5) is 11.4 Å². The van der Waals surface area contributed by atoms with Crippen molar-refractivity contribution in [3.63, 3.8) is 0 Å². The first kappa shape index (κ1) is 25.4. The van der Waals surface area contributed by atoms with E-state index in [4.69, 9.17) is 0 Å². The zero-order valence-corrected chi connectivity index (χ0v) is 23.4. The van der Waals surface area contributed by atoms with E-state index in [1.165, 1.54) is 17.0 Å². The number of carbonyl (C=O) groups excluding carboxylic acids is 3. The first-order chi connectivity index (χ1) is 19.7. The molecule has 0 unspecified atom stereocenters. The molecule has 8 rings (SSSR count). The molecular weight excluding hydrogens is 584 g/mol. The van der Waals surface area contributed by atoms with Crippen LogP contribution in [-0.4, -0.2) is 28.8 Å². The van der Waals surface area contributed by atoms with E-state index in [0.717, 1.165) is 27.8 Å². The van der Waals surface area contributed by atoms with Crippen LogP contribution in [0.5, 0.6) is 0 Å². The molecule has 1 fully saturated rings. The summed E-state index contributed by atoms with van der Waals surface area (Å²) in [5.41, 5.74) is 5.47. The fourth-order valence-corrected chi connectivity index (χ4v) is 8.07. The van der Waals surface area contributed by atoms with Crippen molar-refractivity contribution in [3.8, 4) is 0 Å². The van der Waals surface area contributed by atoms with Gasteiger partial charge in [0.15, 0.2) is 0 Å². The molecule has 3 amide bonds. The van der Waals surface area contributed by atoms with E-state index in [1.807, 2.05) is 48.5 Å². The van der Waals surface area contributed by atoms with Crippen molar-refractivity contribution in [2.45, 2.75) is 17.2 Å². The Morgan fingerprint density at radius 2 is 1.51 bits per heavy atom. The molecule has 2 bridgehead atoms. The fourth-order valence-electron chi connectivity index (χ4n) is 6.86. The molecule has 7 nitrogen and oxygen atoms in total. The van der Waals surface area contributed by atoms with Gasteiger partial charge in [-0.15, -0.1) is 0 Å². The lowest BCUT2D eigenvalue weighted by atomic mass is 9.55. The highest BCUT2D eigenvalue weighted by atomic mass is 79.9. The monoisotopic (exact) mass is 606 g/mol. The van der Waals surface area contributed by atoms with Crippen LogP contribution >= 0.6 is 15.9 Å². The molecule has 3 aliphatic carbocycles. The fraction of sp³-hybridized carbons (Fsp3) is 0.152. The van der Waals surface area contributed by atoms with Crippen molar-refractivity contribution in [2.75, 3.05) is 10.2 Å². The number of hydrogen-bond acceptors (Lipinski definition) is 4. The largest absolute Gasteiger partial charge is 0.478 e. The minimum Gasteiger partial charge on any atom is -0.478 e. The first-order valence-corrected chi connectivity index (χ1v) is 14.0. The molecule has 0 radical (unpaired) electrons. The summed E-state index contributed by atoms with van der Waals surface area (Å²) in [6.07, 6.45) is 0. The number of carboxylic acid groups (broad SMARTS) is 1. The van der Waals surface area contributed by atoms with Crippen LogP contribution in [0.3, 0.4) is 0 Å². The van der Waals surface area contributed by atoms with Gasteiger partial charge in [-0.25, -0.2) is 9.69 Å². The molecule has 1 saturated heterocycles. The summed E-state index contributed by atoms with van der Waals surface area (Å²) in [4.78, 5) is 54.5. The molecule has 4 aromatic carbocycles. The summed E-state index contributed by atoms with van der Waals surface area (Å²) < 4.78 is -0.867. The molecule has 2 N–H and O–H groups in total. The lowest BCUT2D eigenvalue weighted by Gasteiger charge is -2.51. The number of amides is 3. The van der Waals surface area contributed by atoms with Gasteiger partial charge in [-0.1, -0.05) is 76.6 Å². The van der Waals surface area contributed by atoms with Gasteiger partial charge < -0.3 is 10.4 Å². The minimum absolute atomic E-state index is 0.0358. The number of carboxylic acids is 1. The smallest absolute Gasteiger partial charge is 0.337 e. The zero-order chi connectivity index (χ0) is 28.6. The maximum absolute atomic E-state index is 14.2. The van der Waals surface area contributed by atoms with E-state index >= 15 is 0 Å². The molecule has 4 aromatic rings. The lowest BCUT2D eigenvalue weighted by molar-refractivity contribution is -0.122. The molecular formula is C33H23BrN2O5. The number of rotatable bonds is 4. The first-order valence-electron chi connectivity index (χ1n) is 13.2. The Labute approximate surface area is 243 Å². The predicted molar refractivity (Wildman–Crippen MR) is 156 cm³/mol. The van der Waals surface area contributed by atoms with E-state index < -0.39 is 28.0 Å². The molecule has 0 spiro atoms. The third kappa shape index (κ3) is 3.50. The number of alkyl halides is 1. The Kier molecular flexibility index (Phi) is 5.56. The summed E-state index contributed by atoms with van der Waals surface area (Å²) in [6.45, 7) is 1.80. The van der Waals surface area contributed by atoms with Gasteiger partial charge >= 0.3 is 5.97 Å². The molecule has 8 heteroatoms. The number of halogens is 1. The Morgan fingerprint density at radius 1 is 0.854 bits per heavy atom. The number of nitrogens with zero attached hydrogens (tertiary/aromatic N) is 1. The highest BCUT2D eigenvalue weighted by Crippen LogP contribution is 2.66. The number of aromatic carboxylic acids is 1. The molecule has 1 aliphatic heterocycles. The van der Waals surface area contributed by atoms with Gasteiger partial charge in [-0.2, -0.15) is 0 Å². The number of carbonyl (C=O) groups is 4. The molecule has 2 atom stereocenters. The summed E-state index contributed by atoms with van der Waals surface area (Å²) in [6, 6.07) is 26.9. The summed E-state index contributed by atoms with van der Waals surface area (Å²) in [5.74, 6) is -3.87. The van der Waals surface area contributed by atoms with Crippen LogP contribution < -0.4 is 10.2 Å². The van der Waals surface area contributed by atoms with E-state index in [1.54, 1.807) is 37.3 Å². The van der Waals surface area contributed by atoms with Crippen LogP contribution in [0.25, 0.3) is 0 Å². The van der Waals surface area contributed by atoms with Gasteiger partial charge in [0.05, 0.1) is 33.1 Å². The van der Waals surface area contributed by atoms with E-state index in [-0.39, 0.29) is 34.5 Å². The topological polar surface area (TPSA) is 104 Å². The van der Waals surface area contributed by atoms with Gasteiger partial charge in [0.1, 0.15) is 0 Å². The van der Waals surface area contributed by atoms with Crippen molar-refractivity contribution >= 4 is 51.0 Å². The van der Waals surface area contributed by atoms with Gasteiger partial charge in [0, 0.05) is 11.5 Å². The Balaban J connectivity index is 1.28. The average Bonchev–Trinajstić information content (AvgIpc) is 3.24. The number of nitrogens with one attached hydrogen (secondary N) is 1. The van der Waals surface area contributed by atoms with E-state index in [9.17, 15) is 24.3 Å². The van der Waals surface area contributed by atoms with Crippen molar-refractivity contribution in [2.24, 2.45) is 11.8 Å². The quantitative estimate of drug-likeness (QED) is 0.224. The van der Waals surface area contributed by atoms with Gasteiger partial charge in [0.2, 0.25) is 11.8 Å². The summed E-state index contributed by atoms with van der Waals surface area (Å²) >= 11 is 3.99. The molecule has 0 aromatic heterocycles. The number of anilines is 2. The van der Waals surface area contributed by atoms with Crippen molar-refractivity contribution in [1.29, 1.82) is 0 Å². The number of aryl methyl sites for hydroxylation is 1. The van der Waals surface area contributed by atoms with Crippen LogP contribution in [0.2, 0.25) is 0 Å². The van der Waals surface area contributed by atoms with Crippen molar-refractivity contribution in [1.82, 2.24) is 0 Å². The molecule has 0 saturated carbocycles. The van der Waals surface area contributed by atoms with Gasteiger partial charge in [-0.05, 0) is 65.1 Å². The van der Waals surface area contributed by atoms with Gasteiger partial charge in [-0.3, -0.25) is 14.4 Å². The molecule has 202 valence electrons. The SMILES string of the molecule is Cc1ccc(C(=O)O)c(NC(=O)c2cccc(N3C(=O)[C@@H]4C5c6ccccc6C(Br)(c6ccccc65)[C@H]4C3=O)c2)c1. The Hall–Kier alpha value is -4.56. The number of imide groups is 1. The predicted octanol–water partition coefficient (Wildman–Crippen LogP) is 5.85. The maximum Gasteiger partial charge on any atom is 0.337 e. The second-order valence-electron chi connectivity index (χ2n) is 10.7. The lowest BCUT2D eigenvalue weighted by Crippen LogP contribution is -2.50. The Bertz CT molecular complexity index is 1780. The van der Waals surface area contributed by atoms with Crippen LogP contribution in [-0.2, 0) is 13.9 Å². The van der Waals surface area contributed by atoms with Crippen LogP contribution in [0, 0.1) is 18.8 Å². The van der Waals surface area contributed by atoms with E-state index in [0.29, 0.717) is 5.69 Å². The average molecular weight is 607 g/mol. The van der Waals surface area contributed by atoms with E-state index in [2.05, 4.69) is 21.2 Å². The normalized spacial score (nSPS) is 23.6. The molecule has 41 heavy (non-hydrogen) atoms. The van der Waals surface area contributed by atoms with Gasteiger partial charge in [0.25, 0.3) is 5.91 Å². The highest BCUT2D eigenvalue weighted by Gasteiger charge is 2.67. The number of hydrogen-bond donors (Lipinski definition) is 2. The standard InChI is InChI=1S/C33H23BrN2O5/c1-17-13-14-22(32(40)41)25(15-17)35-29(37)18-7-6-8-19(16-18)36-30(38)27-26-20-9-2-4-11-23(20)33(34,28(27)31(36)39)24-12-5-3-10-21(24)26/h2-16,26-28H,1H3,(H,35,37)(H,40,41)/t26?,27-,28-,33?/m1/s1. The maximum atomic E-state index is 14.2. The number of benzene rings is 4. The van der Waals surface area contributed by atoms with Crippen molar-refractivity contribution < 1.29 is 24.3 Å². The third-order valence-electron chi connectivity index (χ3n) is 8.53. The zero-order valence-electron chi connectivity index (χ0n) is 21.8.